The third kappa shape index (κ3) is 2.92. The lowest BCUT2D eigenvalue weighted by molar-refractivity contribution is -0.148. The van der Waals surface area contributed by atoms with Crippen LogP contribution in [0.1, 0.15) is 25.7 Å². The average Bonchev–Trinajstić information content (AvgIpc) is 3.04. The summed E-state index contributed by atoms with van der Waals surface area (Å²) in [6, 6.07) is -0.359. The summed E-state index contributed by atoms with van der Waals surface area (Å²) in [6.07, 6.45) is 6.84. The molecule has 3 saturated carbocycles. The third-order valence-corrected chi connectivity index (χ3v) is 5.78. The number of aromatic nitrogens is 4. The van der Waals surface area contributed by atoms with E-state index in [1.807, 2.05) is 0 Å². The number of rotatable bonds is 4. The normalized spacial score (nSPS) is 27.5. The van der Waals surface area contributed by atoms with E-state index in [9.17, 15) is 9.90 Å². The summed E-state index contributed by atoms with van der Waals surface area (Å²) in [5.41, 5.74) is 0.533. The Morgan fingerprint density at radius 3 is 2.62 bits per heavy atom. The van der Waals surface area contributed by atoms with Crippen LogP contribution in [0.2, 0.25) is 5.28 Å². The molecule has 0 radical (unpaired) electrons. The molecule has 2 N–H and O–H groups in total. The molecule has 0 aromatic carbocycles. The number of aliphatic carboxylic acids is 1. The van der Waals surface area contributed by atoms with Gasteiger partial charge in [0, 0.05) is 24.8 Å². The zero-order valence-corrected chi connectivity index (χ0v) is 14.9. The summed E-state index contributed by atoms with van der Waals surface area (Å²) in [4.78, 5) is 19.8. The first kappa shape index (κ1) is 17.2. The van der Waals surface area contributed by atoms with Crippen molar-refractivity contribution >= 4 is 23.4 Å². The lowest BCUT2D eigenvalue weighted by Crippen LogP contribution is -2.51. The number of aryl methyl sites for hydroxylation is 1. The van der Waals surface area contributed by atoms with Crippen molar-refractivity contribution in [2.45, 2.75) is 31.7 Å². The third-order valence-electron chi connectivity index (χ3n) is 5.61. The van der Waals surface area contributed by atoms with Crippen molar-refractivity contribution in [3.8, 4) is 11.3 Å². The lowest BCUT2D eigenvalue weighted by atomic mass is 9.61. The highest BCUT2D eigenvalue weighted by Gasteiger charge is 2.47. The number of halogens is 2. The molecule has 2 heterocycles. The van der Waals surface area contributed by atoms with E-state index < -0.39 is 17.7 Å². The molecular formula is C17H19ClFN5O2. The number of nitrogens with one attached hydrogen (secondary N) is 1. The number of nitrogens with zero attached hydrogens (tertiary/aromatic N) is 4. The van der Waals surface area contributed by atoms with Gasteiger partial charge in [-0.3, -0.25) is 9.48 Å². The van der Waals surface area contributed by atoms with Crippen LogP contribution in [-0.4, -0.2) is 36.9 Å². The topological polar surface area (TPSA) is 92.9 Å². The maximum absolute atomic E-state index is 15.0. The van der Waals surface area contributed by atoms with E-state index in [1.54, 1.807) is 17.9 Å². The Balaban J connectivity index is 1.70. The van der Waals surface area contributed by atoms with Gasteiger partial charge in [-0.1, -0.05) is 0 Å². The van der Waals surface area contributed by atoms with E-state index in [2.05, 4.69) is 20.4 Å². The molecule has 3 fully saturated rings. The Morgan fingerprint density at radius 2 is 2.00 bits per heavy atom. The molecule has 5 rings (SSSR count). The maximum atomic E-state index is 15.0. The number of anilines is 1. The van der Waals surface area contributed by atoms with Gasteiger partial charge in [-0.25, -0.2) is 9.37 Å². The van der Waals surface area contributed by atoms with Crippen molar-refractivity contribution in [1.82, 2.24) is 19.7 Å². The standard InChI is InChI=1S/C17H19ClFN5O2/c1-24-7-10(6-20-24)14-12(19)15(23-17(18)22-14)21-13-9-4-2-8(3-5-9)11(13)16(25)26/h6-9,11,13H,2-5H2,1H3,(H,25,26)(H,21,22,23). The highest BCUT2D eigenvalue weighted by atomic mass is 35.5. The highest BCUT2D eigenvalue weighted by molar-refractivity contribution is 6.28. The highest BCUT2D eigenvalue weighted by Crippen LogP contribution is 2.46. The van der Waals surface area contributed by atoms with Gasteiger partial charge in [0.25, 0.3) is 0 Å². The van der Waals surface area contributed by atoms with Gasteiger partial charge < -0.3 is 10.4 Å². The molecule has 2 unspecified atom stereocenters. The molecule has 2 atom stereocenters. The Hall–Kier alpha value is -2.22. The quantitative estimate of drug-likeness (QED) is 0.793. The SMILES string of the molecule is Cn1cc(-c2nc(Cl)nc(NC3C4CCC(CC4)C3C(=O)O)c2F)cn1. The maximum Gasteiger partial charge on any atom is 0.308 e. The van der Waals surface area contributed by atoms with Crippen LogP contribution >= 0.6 is 11.6 Å². The Kier molecular flexibility index (Phi) is 4.30. The summed E-state index contributed by atoms with van der Waals surface area (Å²) in [5, 5.41) is 16.6. The average molecular weight is 380 g/mol. The van der Waals surface area contributed by atoms with Gasteiger partial charge in [-0.05, 0) is 49.1 Å². The Morgan fingerprint density at radius 1 is 1.31 bits per heavy atom. The molecule has 2 bridgehead atoms. The van der Waals surface area contributed by atoms with Crippen LogP contribution in [0.3, 0.4) is 0 Å². The molecule has 2 aromatic rings. The summed E-state index contributed by atoms with van der Waals surface area (Å²) in [5.74, 6) is -1.77. The fourth-order valence-corrected chi connectivity index (χ4v) is 4.59. The molecule has 26 heavy (non-hydrogen) atoms. The van der Waals surface area contributed by atoms with E-state index >= 15 is 4.39 Å². The van der Waals surface area contributed by atoms with Gasteiger partial charge in [-0.15, -0.1) is 0 Å². The van der Waals surface area contributed by atoms with Crippen molar-refractivity contribution in [3.05, 3.63) is 23.5 Å². The molecule has 0 amide bonds. The zero-order chi connectivity index (χ0) is 18.4. The van der Waals surface area contributed by atoms with Gasteiger partial charge in [0.1, 0.15) is 5.69 Å². The van der Waals surface area contributed by atoms with Crippen LogP contribution in [0.15, 0.2) is 12.4 Å². The van der Waals surface area contributed by atoms with Crippen LogP contribution in [0.25, 0.3) is 11.3 Å². The molecule has 9 heteroatoms. The number of carbonyl (C=O) groups is 1. The first-order valence-corrected chi connectivity index (χ1v) is 9.03. The van der Waals surface area contributed by atoms with E-state index in [4.69, 9.17) is 11.6 Å². The minimum absolute atomic E-state index is 0.0485. The minimum Gasteiger partial charge on any atom is -0.481 e. The van der Waals surface area contributed by atoms with Crippen molar-refractivity contribution in [3.63, 3.8) is 0 Å². The van der Waals surface area contributed by atoms with Crippen molar-refractivity contribution in [1.29, 1.82) is 0 Å². The van der Waals surface area contributed by atoms with Crippen LogP contribution in [0.4, 0.5) is 10.2 Å². The fraction of sp³-hybridized carbons (Fsp3) is 0.529. The second kappa shape index (κ2) is 6.50. The molecule has 0 aliphatic heterocycles. The van der Waals surface area contributed by atoms with Crippen LogP contribution < -0.4 is 5.32 Å². The Labute approximate surface area is 154 Å². The molecule has 3 aliphatic carbocycles. The van der Waals surface area contributed by atoms with E-state index in [0.29, 0.717) is 5.56 Å². The Bertz CT molecular complexity index is 850. The summed E-state index contributed by atoms with van der Waals surface area (Å²) < 4.78 is 16.6. The number of carboxylic acids is 1. The van der Waals surface area contributed by atoms with Gasteiger partial charge in [0.05, 0.1) is 12.1 Å². The smallest absolute Gasteiger partial charge is 0.308 e. The van der Waals surface area contributed by atoms with Crippen LogP contribution in [0.5, 0.6) is 0 Å². The summed E-state index contributed by atoms with van der Waals surface area (Å²) in [6.45, 7) is 0. The van der Waals surface area contributed by atoms with E-state index in [-0.39, 0.29) is 34.7 Å². The van der Waals surface area contributed by atoms with Crippen molar-refractivity contribution < 1.29 is 14.3 Å². The minimum atomic E-state index is -0.843. The molecule has 138 valence electrons. The largest absolute Gasteiger partial charge is 0.481 e. The zero-order valence-electron chi connectivity index (χ0n) is 14.2. The predicted molar refractivity (Wildman–Crippen MR) is 93.2 cm³/mol. The lowest BCUT2D eigenvalue weighted by Gasteiger charge is -2.47. The first-order valence-electron chi connectivity index (χ1n) is 8.65. The first-order chi connectivity index (χ1) is 12.4. The monoisotopic (exact) mass is 379 g/mol. The number of carboxylic acid groups (broad SMARTS) is 1. The van der Waals surface area contributed by atoms with E-state index in [0.717, 1.165) is 25.7 Å². The fourth-order valence-electron chi connectivity index (χ4n) is 4.42. The molecule has 2 aromatic heterocycles. The number of hydrogen-bond donors (Lipinski definition) is 2. The predicted octanol–water partition coefficient (Wildman–Crippen LogP) is 2.97. The van der Waals surface area contributed by atoms with Crippen LogP contribution in [0, 0.1) is 23.6 Å². The van der Waals surface area contributed by atoms with Crippen molar-refractivity contribution in [2.24, 2.45) is 24.8 Å². The molecule has 0 saturated heterocycles. The molecular weight excluding hydrogens is 361 g/mol. The van der Waals surface area contributed by atoms with Gasteiger partial charge >= 0.3 is 5.97 Å². The second-order valence-electron chi connectivity index (χ2n) is 7.12. The summed E-state index contributed by atoms with van der Waals surface area (Å²) in [7, 11) is 1.72. The molecule has 7 nitrogen and oxygen atoms in total. The van der Waals surface area contributed by atoms with Crippen molar-refractivity contribution in [2.75, 3.05) is 5.32 Å². The van der Waals surface area contributed by atoms with Gasteiger partial charge in [0.2, 0.25) is 5.28 Å². The van der Waals surface area contributed by atoms with Gasteiger partial charge in [0.15, 0.2) is 11.6 Å². The van der Waals surface area contributed by atoms with Gasteiger partial charge in [-0.2, -0.15) is 10.1 Å². The van der Waals surface area contributed by atoms with E-state index in [1.165, 1.54) is 6.20 Å². The molecule has 0 spiro atoms. The molecule has 3 aliphatic rings. The second-order valence-corrected chi connectivity index (χ2v) is 7.45. The number of fused-ring (bicyclic) bond motifs is 3. The number of hydrogen-bond acceptors (Lipinski definition) is 5. The summed E-state index contributed by atoms with van der Waals surface area (Å²) >= 11 is 6.00. The van der Waals surface area contributed by atoms with Crippen LogP contribution in [-0.2, 0) is 11.8 Å².